The SMILES string of the molecule is Oc1cc(F)c(C=NNc2nc(-c3ccccc3)cs2)cc1Br. The highest BCUT2D eigenvalue weighted by molar-refractivity contribution is 9.10. The number of phenols is 1. The average molecular weight is 392 g/mol. The second kappa shape index (κ2) is 6.89. The summed E-state index contributed by atoms with van der Waals surface area (Å²) in [7, 11) is 0. The summed E-state index contributed by atoms with van der Waals surface area (Å²) in [4.78, 5) is 4.42. The van der Waals surface area contributed by atoms with Gasteiger partial charge in [0, 0.05) is 22.6 Å². The number of thiazole rings is 1. The zero-order chi connectivity index (χ0) is 16.2. The van der Waals surface area contributed by atoms with Gasteiger partial charge in [-0.15, -0.1) is 11.3 Å². The number of halogens is 2. The van der Waals surface area contributed by atoms with E-state index < -0.39 is 5.82 Å². The largest absolute Gasteiger partial charge is 0.507 e. The topological polar surface area (TPSA) is 57.5 Å². The lowest BCUT2D eigenvalue weighted by atomic mass is 10.2. The molecule has 0 atom stereocenters. The number of rotatable bonds is 4. The number of aromatic nitrogens is 1. The Morgan fingerprint density at radius 2 is 2.04 bits per heavy atom. The molecule has 116 valence electrons. The van der Waals surface area contributed by atoms with E-state index in [2.05, 4.69) is 31.4 Å². The first kappa shape index (κ1) is 15.6. The van der Waals surface area contributed by atoms with E-state index in [0.29, 0.717) is 9.60 Å². The summed E-state index contributed by atoms with van der Waals surface area (Å²) in [6.45, 7) is 0. The summed E-state index contributed by atoms with van der Waals surface area (Å²) in [5.41, 5.74) is 4.90. The van der Waals surface area contributed by atoms with Crippen molar-refractivity contribution in [3.05, 3.63) is 63.7 Å². The van der Waals surface area contributed by atoms with Gasteiger partial charge in [-0.2, -0.15) is 5.10 Å². The monoisotopic (exact) mass is 391 g/mol. The van der Waals surface area contributed by atoms with E-state index in [1.54, 1.807) is 0 Å². The maximum absolute atomic E-state index is 13.7. The molecule has 1 heterocycles. The van der Waals surface area contributed by atoms with Crippen LogP contribution in [0.2, 0.25) is 0 Å². The van der Waals surface area contributed by atoms with Crippen molar-refractivity contribution in [1.29, 1.82) is 0 Å². The zero-order valence-corrected chi connectivity index (χ0v) is 14.1. The first-order valence-corrected chi connectivity index (χ1v) is 8.29. The van der Waals surface area contributed by atoms with Gasteiger partial charge in [0.05, 0.1) is 16.4 Å². The Hall–Kier alpha value is -2.25. The number of phenolic OH excluding ortho intramolecular Hbond substituents is 1. The van der Waals surface area contributed by atoms with Crippen molar-refractivity contribution in [1.82, 2.24) is 4.98 Å². The smallest absolute Gasteiger partial charge is 0.203 e. The fourth-order valence-corrected chi connectivity index (χ4v) is 2.90. The fourth-order valence-electron chi connectivity index (χ4n) is 1.87. The highest BCUT2D eigenvalue weighted by atomic mass is 79.9. The lowest BCUT2D eigenvalue weighted by Crippen LogP contribution is -1.93. The van der Waals surface area contributed by atoms with E-state index in [1.165, 1.54) is 23.6 Å². The summed E-state index contributed by atoms with van der Waals surface area (Å²) < 4.78 is 14.1. The van der Waals surface area contributed by atoms with Crippen molar-refractivity contribution in [2.45, 2.75) is 0 Å². The van der Waals surface area contributed by atoms with Crippen LogP contribution in [0.15, 0.2) is 57.4 Å². The number of hydrogen-bond donors (Lipinski definition) is 2. The third kappa shape index (κ3) is 3.75. The molecule has 3 rings (SSSR count). The first-order chi connectivity index (χ1) is 11.1. The summed E-state index contributed by atoms with van der Waals surface area (Å²) in [5, 5.41) is 15.9. The van der Waals surface area contributed by atoms with Crippen molar-refractivity contribution in [3.63, 3.8) is 0 Å². The summed E-state index contributed by atoms with van der Waals surface area (Å²) in [5.74, 6) is -0.708. The number of hydrogen-bond acceptors (Lipinski definition) is 5. The van der Waals surface area contributed by atoms with Gasteiger partial charge in [-0.3, -0.25) is 5.43 Å². The van der Waals surface area contributed by atoms with Crippen LogP contribution in [0.25, 0.3) is 11.3 Å². The molecule has 1 aromatic heterocycles. The number of aromatic hydroxyl groups is 1. The van der Waals surface area contributed by atoms with Gasteiger partial charge >= 0.3 is 0 Å². The predicted molar refractivity (Wildman–Crippen MR) is 94.5 cm³/mol. The Kier molecular flexibility index (Phi) is 4.68. The van der Waals surface area contributed by atoms with Crippen molar-refractivity contribution in [3.8, 4) is 17.0 Å². The fraction of sp³-hybridized carbons (Fsp3) is 0. The molecule has 4 nitrogen and oxygen atoms in total. The van der Waals surface area contributed by atoms with Crippen LogP contribution in [0.5, 0.6) is 5.75 Å². The molecule has 0 saturated heterocycles. The number of nitrogens with one attached hydrogen (secondary N) is 1. The third-order valence-electron chi connectivity index (χ3n) is 3.00. The summed E-state index contributed by atoms with van der Waals surface area (Å²) in [6, 6.07) is 12.3. The molecule has 0 aliphatic rings. The second-order valence-corrected chi connectivity index (χ2v) is 6.31. The second-order valence-electron chi connectivity index (χ2n) is 4.60. The zero-order valence-electron chi connectivity index (χ0n) is 11.7. The summed E-state index contributed by atoms with van der Waals surface area (Å²) in [6.07, 6.45) is 1.34. The Morgan fingerprint density at radius 3 is 2.83 bits per heavy atom. The van der Waals surface area contributed by atoms with Crippen molar-refractivity contribution in [2.24, 2.45) is 5.10 Å². The van der Waals surface area contributed by atoms with E-state index in [9.17, 15) is 9.50 Å². The van der Waals surface area contributed by atoms with Gasteiger partial charge in [-0.05, 0) is 22.0 Å². The number of hydrazone groups is 1. The summed E-state index contributed by atoms with van der Waals surface area (Å²) >= 11 is 4.55. The average Bonchev–Trinajstić information content (AvgIpc) is 3.02. The number of anilines is 1. The lowest BCUT2D eigenvalue weighted by molar-refractivity contribution is 0.465. The highest BCUT2D eigenvalue weighted by Crippen LogP contribution is 2.26. The van der Waals surface area contributed by atoms with Crippen LogP contribution in [0.3, 0.4) is 0 Å². The Bertz CT molecular complexity index is 852. The van der Waals surface area contributed by atoms with Crippen LogP contribution in [0.1, 0.15) is 5.56 Å². The number of nitrogens with zero attached hydrogens (tertiary/aromatic N) is 2. The molecule has 0 spiro atoms. The molecule has 0 aliphatic heterocycles. The minimum absolute atomic E-state index is 0.153. The first-order valence-electron chi connectivity index (χ1n) is 6.61. The molecule has 0 radical (unpaired) electrons. The van der Waals surface area contributed by atoms with Gasteiger partial charge in [0.25, 0.3) is 0 Å². The van der Waals surface area contributed by atoms with Crippen LogP contribution < -0.4 is 5.43 Å². The van der Waals surface area contributed by atoms with E-state index in [-0.39, 0.29) is 11.3 Å². The molecule has 0 bridgehead atoms. The molecule has 3 aromatic rings. The lowest BCUT2D eigenvalue weighted by Gasteiger charge is -2.00. The van der Waals surface area contributed by atoms with Crippen LogP contribution >= 0.6 is 27.3 Å². The molecule has 7 heteroatoms. The van der Waals surface area contributed by atoms with E-state index in [4.69, 9.17) is 0 Å². The van der Waals surface area contributed by atoms with Gasteiger partial charge in [-0.25, -0.2) is 9.37 Å². The van der Waals surface area contributed by atoms with Gasteiger partial charge in [0.15, 0.2) is 0 Å². The standard InChI is InChI=1S/C16H11BrFN3OS/c17-12-6-11(13(18)7-15(12)22)8-19-21-16-20-14(9-23-16)10-4-2-1-3-5-10/h1-9,22H,(H,20,21). The van der Waals surface area contributed by atoms with Crippen LogP contribution in [0, 0.1) is 5.82 Å². The molecular weight excluding hydrogens is 381 g/mol. The molecule has 2 aromatic carbocycles. The molecule has 0 unspecified atom stereocenters. The molecule has 0 amide bonds. The van der Waals surface area contributed by atoms with E-state index >= 15 is 0 Å². The molecule has 23 heavy (non-hydrogen) atoms. The van der Waals surface area contributed by atoms with Gasteiger partial charge in [-0.1, -0.05) is 30.3 Å². The molecule has 2 N–H and O–H groups in total. The van der Waals surface area contributed by atoms with Crippen LogP contribution in [0.4, 0.5) is 9.52 Å². The van der Waals surface area contributed by atoms with Gasteiger partial charge in [0.2, 0.25) is 5.13 Å². The van der Waals surface area contributed by atoms with Crippen LogP contribution in [-0.4, -0.2) is 16.3 Å². The van der Waals surface area contributed by atoms with Gasteiger partial charge in [0.1, 0.15) is 11.6 Å². The Labute approximate surface area is 144 Å². The predicted octanol–water partition coefficient (Wildman–Crippen LogP) is 4.86. The molecule has 0 aliphatic carbocycles. The Morgan fingerprint density at radius 1 is 1.26 bits per heavy atom. The quantitative estimate of drug-likeness (QED) is 0.492. The molecule has 0 fully saturated rings. The number of benzene rings is 2. The molecular formula is C16H11BrFN3OS. The normalized spacial score (nSPS) is 11.0. The highest BCUT2D eigenvalue weighted by Gasteiger charge is 2.06. The van der Waals surface area contributed by atoms with Crippen molar-refractivity contribution in [2.75, 3.05) is 5.43 Å². The molecule has 0 saturated carbocycles. The maximum Gasteiger partial charge on any atom is 0.203 e. The Balaban J connectivity index is 1.72. The van der Waals surface area contributed by atoms with E-state index in [1.807, 2.05) is 35.7 Å². The van der Waals surface area contributed by atoms with E-state index in [0.717, 1.165) is 17.3 Å². The van der Waals surface area contributed by atoms with Crippen molar-refractivity contribution >= 4 is 38.6 Å². The minimum Gasteiger partial charge on any atom is -0.507 e. The minimum atomic E-state index is -0.555. The van der Waals surface area contributed by atoms with Crippen LogP contribution in [-0.2, 0) is 0 Å². The maximum atomic E-state index is 13.7. The van der Waals surface area contributed by atoms with Crippen molar-refractivity contribution < 1.29 is 9.50 Å². The van der Waals surface area contributed by atoms with Gasteiger partial charge < -0.3 is 5.11 Å². The third-order valence-corrected chi connectivity index (χ3v) is 4.39.